The van der Waals surface area contributed by atoms with Crippen molar-refractivity contribution in [2.75, 3.05) is 4.90 Å². The highest BCUT2D eigenvalue weighted by Gasteiger charge is 2.42. The number of hydrogen-bond acceptors (Lipinski definition) is 2. The van der Waals surface area contributed by atoms with E-state index in [2.05, 4.69) is 39.7 Å². The fraction of sp³-hybridized carbons (Fsp3) is 0.185. The maximum Gasteiger partial charge on any atom is 0.174 e. The van der Waals surface area contributed by atoms with E-state index in [4.69, 9.17) is 23.8 Å². The van der Waals surface area contributed by atoms with Gasteiger partial charge in [-0.1, -0.05) is 29.8 Å². The second kappa shape index (κ2) is 8.85. The first-order valence-electron chi connectivity index (χ1n) is 11.1. The number of pyridine rings is 1. The molecule has 7 heteroatoms. The van der Waals surface area contributed by atoms with Crippen LogP contribution in [-0.2, 0) is 0 Å². The first kappa shape index (κ1) is 22.6. The van der Waals surface area contributed by atoms with Crippen molar-refractivity contribution < 1.29 is 4.39 Å². The summed E-state index contributed by atoms with van der Waals surface area (Å²) >= 11 is 12.4. The number of benzene rings is 2. The van der Waals surface area contributed by atoms with Gasteiger partial charge in [0.1, 0.15) is 5.82 Å². The largest absolute Gasteiger partial charge is 0.351 e. The number of anilines is 1. The van der Waals surface area contributed by atoms with Gasteiger partial charge in [0.05, 0.1) is 28.5 Å². The zero-order valence-corrected chi connectivity index (χ0v) is 20.7. The summed E-state index contributed by atoms with van der Waals surface area (Å²) in [6.45, 7) is 5.93. The molecule has 2 aromatic heterocycles. The maximum atomic E-state index is 14.1. The fourth-order valence-electron chi connectivity index (χ4n) is 4.82. The molecule has 2 aromatic carbocycles. The number of hydrogen-bond donors (Lipinski definition) is 1. The Hall–Kier alpha value is -3.22. The van der Waals surface area contributed by atoms with Gasteiger partial charge in [0.25, 0.3) is 0 Å². The van der Waals surface area contributed by atoms with Gasteiger partial charge < -0.3 is 14.8 Å². The predicted molar refractivity (Wildman–Crippen MR) is 139 cm³/mol. The number of thiocarbonyl (C=S) groups is 1. The zero-order valence-electron chi connectivity index (χ0n) is 19.1. The third kappa shape index (κ3) is 3.77. The molecule has 0 amide bonds. The van der Waals surface area contributed by atoms with E-state index in [1.807, 2.05) is 48.5 Å². The van der Waals surface area contributed by atoms with Crippen LogP contribution in [0.25, 0.3) is 5.69 Å². The van der Waals surface area contributed by atoms with Crippen LogP contribution in [0.3, 0.4) is 0 Å². The average molecular weight is 491 g/mol. The number of rotatable bonds is 4. The van der Waals surface area contributed by atoms with Gasteiger partial charge in [0, 0.05) is 23.3 Å². The highest BCUT2D eigenvalue weighted by molar-refractivity contribution is 7.80. The molecule has 0 radical (unpaired) electrons. The van der Waals surface area contributed by atoms with Crippen molar-refractivity contribution in [3.8, 4) is 5.69 Å². The lowest BCUT2D eigenvalue weighted by atomic mass is 9.96. The minimum Gasteiger partial charge on any atom is -0.351 e. The molecule has 1 aliphatic rings. The minimum atomic E-state index is -0.239. The topological polar surface area (TPSA) is 33.1 Å². The number of para-hydroxylation sites is 1. The molecule has 4 aromatic rings. The van der Waals surface area contributed by atoms with Crippen molar-refractivity contribution in [3.05, 3.63) is 112 Å². The number of halogens is 2. The first-order valence-corrected chi connectivity index (χ1v) is 11.9. The van der Waals surface area contributed by atoms with Crippen LogP contribution in [0.1, 0.15) is 40.3 Å². The van der Waals surface area contributed by atoms with Gasteiger partial charge in [-0.15, -0.1) is 0 Å². The van der Waals surface area contributed by atoms with Crippen LogP contribution in [0.5, 0.6) is 0 Å². The molecule has 0 saturated carbocycles. The molecule has 0 bridgehead atoms. The summed E-state index contributed by atoms with van der Waals surface area (Å²) in [7, 11) is 0. The van der Waals surface area contributed by atoms with E-state index in [0.717, 1.165) is 34.0 Å². The zero-order chi connectivity index (χ0) is 24.0. The molecule has 0 aliphatic carbocycles. The maximum absolute atomic E-state index is 14.1. The number of aromatic nitrogens is 2. The van der Waals surface area contributed by atoms with E-state index in [1.54, 1.807) is 19.2 Å². The molecule has 172 valence electrons. The first-order chi connectivity index (χ1) is 16.4. The lowest BCUT2D eigenvalue weighted by Gasteiger charge is -2.28. The molecule has 1 saturated heterocycles. The molecule has 3 heterocycles. The van der Waals surface area contributed by atoms with Crippen molar-refractivity contribution in [2.45, 2.75) is 32.9 Å². The Kier molecular flexibility index (Phi) is 5.88. The number of nitrogens with zero attached hydrogens (tertiary/aromatic N) is 3. The van der Waals surface area contributed by atoms with Crippen molar-refractivity contribution in [1.29, 1.82) is 0 Å². The van der Waals surface area contributed by atoms with Crippen LogP contribution >= 0.6 is 23.8 Å². The summed E-state index contributed by atoms with van der Waals surface area (Å²) in [5.41, 5.74) is 6.45. The average Bonchev–Trinajstić information content (AvgIpc) is 3.32. The SMILES string of the molecule is Cc1cc(N2C(=S)N[C@@H](c3ccccn3)[C@H]2c2cc(C)n(-c3ccccc3Cl)c2C)ccc1F. The van der Waals surface area contributed by atoms with Crippen LogP contribution in [0.2, 0.25) is 5.02 Å². The lowest BCUT2D eigenvalue weighted by Crippen LogP contribution is -2.29. The summed E-state index contributed by atoms with van der Waals surface area (Å²) in [5, 5.41) is 4.74. The van der Waals surface area contributed by atoms with Crippen molar-refractivity contribution >= 4 is 34.6 Å². The lowest BCUT2D eigenvalue weighted by molar-refractivity contribution is 0.564. The molecular formula is C27H24ClFN4S. The standard InChI is InChI=1S/C27H24ClFN4S/c1-16-14-19(11-12-22(16)29)33-26(25(31-27(33)34)23-9-6-7-13-30-23)20-15-17(2)32(18(20)3)24-10-5-4-8-21(24)28/h4-15,25-26H,1-3H3,(H,31,34)/t25-,26+/m0/s1. The molecule has 2 atom stereocenters. The summed E-state index contributed by atoms with van der Waals surface area (Å²) in [5.74, 6) is -0.239. The highest BCUT2D eigenvalue weighted by atomic mass is 35.5. The van der Waals surface area contributed by atoms with E-state index >= 15 is 0 Å². The Labute approximate surface area is 209 Å². The Morgan fingerprint density at radius 3 is 2.47 bits per heavy atom. The third-order valence-electron chi connectivity index (χ3n) is 6.40. The number of nitrogens with one attached hydrogen (secondary N) is 1. The fourth-order valence-corrected chi connectivity index (χ4v) is 5.38. The normalized spacial score (nSPS) is 17.8. The Morgan fingerprint density at radius 2 is 1.76 bits per heavy atom. The summed E-state index contributed by atoms with van der Waals surface area (Å²) in [6.07, 6.45) is 1.79. The van der Waals surface area contributed by atoms with Crippen LogP contribution in [0, 0.1) is 26.6 Å². The van der Waals surface area contributed by atoms with Gasteiger partial charge in [0.15, 0.2) is 5.11 Å². The van der Waals surface area contributed by atoms with Crippen molar-refractivity contribution in [2.24, 2.45) is 0 Å². The van der Waals surface area contributed by atoms with E-state index in [1.165, 1.54) is 6.07 Å². The van der Waals surface area contributed by atoms with Gasteiger partial charge in [-0.2, -0.15) is 0 Å². The second-order valence-electron chi connectivity index (χ2n) is 8.54. The molecule has 4 nitrogen and oxygen atoms in total. The minimum absolute atomic E-state index is 0.181. The van der Waals surface area contributed by atoms with Crippen molar-refractivity contribution in [3.63, 3.8) is 0 Å². The van der Waals surface area contributed by atoms with Crippen molar-refractivity contribution in [1.82, 2.24) is 14.9 Å². The summed E-state index contributed by atoms with van der Waals surface area (Å²) in [4.78, 5) is 6.69. The van der Waals surface area contributed by atoms with Gasteiger partial charge >= 0.3 is 0 Å². The van der Waals surface area contributed by atoms with Gasteiger partial charge in [-0.25, -0.2) is 4.39 Å². The van der Waals surface area contributed by atoms with Gasteiger partial charge in [-0.3, -0.25) is 4.98 Å². The molecule has 1 fully saturated rings. The van der Waals surface area contributed by atoms with Crippen LogP contribution < -0.4 is 10.2 Å². The molecule has 34 heavy (non-hydrogen) atoms. The molecule has 5 rings (SSSR count). The third-order valence-corrected chi connectivity index (χ3v) is 7.03. The predicted octanol–water partition coefficient (Wildman–Crippen LogP) is 6.77. The second-order valence-corrected chi connectivity index (χ2v) is 9.34. The van der Waals surface area contributed by atoms with Crippen LogP contribution in [0.4, 0.5) is 10.1 Å². The summed E-state index contributed by atoms with van der Waals surface area (Å²) < 4.78 is 16.3. The molecule has 1 N–H and O–H groups in total. The smallest absolute Gasteiger partial charge is 0.174 e. The Morgan fingerprint density at radius 1 is 1.00 bits per heavy atom. The van der Waals surface area contributed by atoms with E-state index < -0.39 is 0 Å². The van der Waals surface area contributed by atoms with E-state index in [9.17, 15) is 4.39 Å². The molecular weight excluding hydrogens is 467 g/mol. The monoisotopic (exact) mass is 490 g/mol. The number of aryl methyl sites for hydroxylation is 2. The van der Waals surface area contributed by atoms with E-state index in [-0.39, 0.29) is 17.9 Å². The molecule has 0 spiro atoms. The quantitative estimate of drug-likeness (QED) is 0.320. The Bertz CT molecular complexity index is 1380. The van der Waals surface area contributed by atoms with E-state index in [0.29, 0.717) is 15.7 Å². The van der Waals surface area contributed by atoms with Gasteiger partial charge in [0.2, 0.25) is 0 Å². The molecule has 1 aliphatic heterocycles. The van der Waals surface area contributed by atoms with Crippen LogP contribution in [-0.4, -0.2) is 14.7 Å². The van der Waals surface area contributed by atoms with Gasteiger partial charge in [-0.05, 0) is 92.6 Å². The summed E-state index contributed by atoms with van der Waals surface area (Å²) in [6, 6.07) is 20.6. The highest BCUT2D eigenvalue weighted by Crippen LogP contribution is 2.44. The molecule has 0 unspecified atom stereocenters. The Balaban J connectivity index is 1.70. The van der Waals surface area contributed by atoms with Crippen LogP contribution in [0.15, 0.2) is 72.9 Å².